The van der Waals surface area contributed by atoms with Gasteiger partial charge in [-0.05, 0) is 18.2 Å². The van der Waals surface area contributed by atoms with Gasteiger partial charge in [0, 0.05) is 22.2 Å². The van der Waals surface area contributed by atoms with Gasteiger partial charge < -0.3 is 4.74 Å². The number of rotatable bonds is 6. The molecular formula is C18H11BrN2O7. The molecule has 0 spiro atoms. The average Bonchev–Trinajstić information content (AvgIpc) is 2.91. The molecule has 10 heteroatoms. The number of amides is 2. The van der Waals surface area contributed by atoms with Crippen LogP contribution in [0.2, 0.25) is 0 Å². The second-order valence-corrected chi connectivity index (χ2v) is 6.69. The molecule has 0 bridgehead atoms. The predicted molar refractivity (Wildman–Crippen MR) is 97.9 cm³/mol. The molecule has 0 N–H and O–H groups in total. The van der Waals surface area contributed by atoms with Gasteiger partial charge in [0.05, 0.1) is 16.1 Å². The highest BCUT2D eigenvalue weighted by molar-refractivity contribution is 9.10. The number of hydrogen-bond acceptors (Lipinski definition) is 7. The van der Waals surface area contributed by atoms with E-state index in [1.54, 1.807) is 24.3 Å². The van der Waals surface area contributed by atoms with Crippen LogP contribution >= 0.6 is 15.9 Å². The summed E-state index contributed by atoms with van der Waals surface area (Å²) in [4.78, 5) is 59.3. The third-order valence-electron chi connectivity index (χ3n) is 3.98. The van der Waals surface area contributed by atoms with Crippen LogP contribution in [0.1, 0.15) is 31.1 Å². The maximum Gasteiger partial charge on any atom is 0.326 e. The van der Waals surface area contributed by atoms with Gasteiger partial charge in [0.2, 0.25) is 0 Å². The van der Waals surface area contributed by atoms with Crippen LogP contribution in [0.4, 0.5) is 5.69 Å². The fourth-order valence-corrected chi connectivity index (χ4v) is 2.84. The zero-order chi connectivity index (χ0) is 20.4. The molecule has 1 heterocycles. The molecule has 0 saturated heterocycles. The first kappa shape index (κ1) is 19.4. The Kier molecular flexibility index (Phi) is 5.32. The third kappa shape index (κ3) is 3.81. The number of nitrogens with zero attached hydrogens (tertiary/aromatic N) is 2. The van der Waals surface area contributed by atoms with E-state index < -0.39 is 41.6 Å². The average molecular weight is 447 g/mol. The number of imide groups is 1. The Hall–Kier alpha value is -3.40. The molecule has 2 aromatic carbocycles. The van der Waals surface area contributed by atoms with Gasteiger partial charge in [-0.3, -0.25) is 34.2 Å². The highest BCUT2D eigenvalue weighted by Gasteiger charge is 2.38. The second-order valence-electron chi connectivity index (χ2n) is 5.77. The van der Waals surface area contributed by atoms with Crippen molar-refractivity contribution in [3.63, 3.8) is 0 Å². The number of esters is 1. The van der Waals surface area contributed by atoms with Gasteiger partial charge in [-0.2, -0.15) is 0 Å². The van der Waals surface area contributed by atoms with E-state index in [1.807, 2.05) is 0 Å². The quantitative estimate of drug-likeness (QED) is 0.219. The molecule has 0 atom stereocenters. The second kappa shape index (κ2) is 7.69. The van der Waals surface area contributed by atoms with Crippen molar-refractivity contribution in [2.45, 2.75) is 0 Å². The molecule has 9 nitrogen and oxygen atoms in total. The van der Waals surface area contributed by atoms with Crippen LogP contribution in [-0.2, 0) is 9.53 Å². The Morgan fingerprint density at radius 3 is 2.32 bits per heavy atom. The first-order valence-electron chi connectivity index (χ1n) is 7.87. The number of halogens is 1. The maximum absolute atomic E-state index is 12.3. The Balaban J connectivity index is 1.63. The van der Waals surface area contributed by atoms with Crippen LogP contribution in [-0.4, -0.2) is 46.5 Å². The minimum Gasteiger partial charge on any atom is -0.456 e. The zero-order valence-corrected chi connectivity index (χ0v) is 15.7. The Bertz CT molecular complexity index is 1020. The van der Waals surface area contributed by atoms with Crippen LogP contribution in [0.15, 0.2) is 46.9 Å². The molecule has 3 rings (SSSR count). The first-order valence-corrected chi connectivity index (χ1v) is 8.66. The number of ether oxygens (including phenoxy) is 1. The van der Waals surface area contributed by atoms with Crippen molar-refractivity contribution in [3.05, 3.63) is 73.7 Å². The number of Topliss-reactive ketones (excluding diaryl/α,β-unsaturated/α-hetero) is 1. The van der Waals surface area contributed by atoms with Crippen LogP contribution in [0.25, 0.3) is 0 Å². The summed E-state index contributed by atoms with van der Waals surface area (Å²) in [7, 11) is 0. The summed E-state index contributed by atoms with van der Waals surface area (Å²) in [5, 5.41) is 10.8. The number of carbonyl (C=O) groups excluding carboxylic acids is 4. The van der Waals surface area contributed by atoms with E-state index in [0.717, 1.165) is 22.7 Å². The van der Waals surface area contributed by atoms with E-state index in [0.29, 0.717) is 10.5 Å². The van der Waals surface area contributed by atoms with Gasteiger partial charge in [0.25, 0.3) is 17.5 Å². The van der Waals surface area contributed by atoms with E-state index in [9.17, 15) is 29.3 Å². The third-order valence-corrected chi connectivity index (χ3v) is 4.51. The van der Waals surface area contributed by atoms with E-state index in [2.05, 4.69) is 15.9 Å². The van der Waals surface area contributed by atoms with Crippen molar-refractivity contribution in [2.75, 3.05) is 13.2 Å². The van der Waals surface area contributed by atoms with E-state index in [4.69, 9.17) is 4.74 Å². The molecule has 0 fully saturated rings. The Morgan fingerprint density at radius 2 is 1.68 bits per heavy atom. The monoisotopic (exact) mass is 446 g/mol. The number of fused-ring (bicyclic) bond motifs is 1. The largest absolute Gasteiger partial charge is 0.456 e. The predicted octanol–water partition coefficient (Wildman–Crippen LogP) is 2.38. The van der Waals surface area contributed by atoms with Crippen molar-refractivity contribution in [1.82, 2.24) is 4.90 Å². The summed E-state index contributed by atoms with van der Waals surface area (Å²) in [6.45, 7) is -1.25. The van der Waals surface area contributed by atoms with Crippen molar-refractivity contribution in [2.24, 2.45) is 0 Å². The lowest BCUT2D eigenvalue weighted by Crippen LogP contribution is -2.36. The first-order chi connectivity index (χ1) is 13.3. The fraction of sp³-hybridized carbons (Fsp3) is 0.111. The summed E-state index contributed by atoms with van der Waals surface area (Å²) in [6.07, 6.45) is 0. The number of nitro groups is 1. The standard InChI is InChI=1S/C18H11BrN2O7/c19-11-3-1-10(2-4-11)15(22)9-28-16(23)8-20-17(24)13-6-5-12(21(26)27)7-14(13)18(20)25/h1-7H,8-9H2. The summed E-state index contributed by atoms with van der Waals surface area (Å²) in [5.41, 5.74) is -0.194. The van der Waals surface area contributed by atoms with E-state index >= 15 is 0 Å². The minimum atomic E-state index is -0.950. The molecule has 0 saturated carbocycles. The highest BCUT2D eigenvalue weighted by atomic mass is 79.9. The molecule has 0 aromatic heterocycles. The van der Waals surface area contributed by atoms with Gasteiger partial charge in [0.1, 0.15) is 6.54 Å². The van der Waals surface area contributed by atoms with Crippen molar-refractivity contribution >= 4 is 45.2 Å². The molecule has 0 unspecified atom stereocenters. The number of carbonyl (C=O) groups is 4. The normalized spacial score (nSPS) is 12.7. The molecule has 142 valence electrons. The molecule has 2 amide bonds. The summed E-state index contributed by atoms with van der Waals surface area (Å²) in [6, 6.07) is 9.67. The molecule has 28 heavy (non-hydrogen) atoms. The molecule has 1 aliphatic rings. The zero-order valence-electron chi connectivity index (χ0n) is 14.1. The van der Waals surface area contributed by atoms with Gasteiger partial charge in [0.15, 0.2) is 12.4 Å². The maximum atomic E-state index is 12.3. The molecule has 2 aromatic rings. The van der Waals surface area contributed by atoms with Gasteiger partial charge in [-0.25, -0.2) is 0 Å². The van der Waals surface area contributed by atoms with Crippen molar-refractivity contribution in [1.29, 1.82) is 0 Å². The van der Waals surface area contributed by atoms with Crippen LogP contribution in [0, 0.1) is 10.1 Å². The Morgan fingerprint density at radius 1 is 1.04 bits per heavy atom. The molecular weight excluding hydrogens is 436 g/mol. The lowest BCUT2D eigenvalue weighted by Gasteiger charge is -2.12. The topological polar surface area (TPSA) is 124 Å². The van der Waals surface area contributed by atoms with E-state index in [-0.39, 0.29) is 16.8 Å². The number of benzene rings is 2. The van der Waals surface area contributed by atoms with Gasteiger partial charge in [-0.15, -0.1) is 0 Å². The highest BCUT2D eigenvalue weighted by Crippen LogP contribution is 2.26. The van der Waals surface area contributed by atoms with Crippen LogP contribution in [0.3, 0.4) is 0 Å². The molecule has 0 radical (unpaired) electrons. The molecule has 1 aliphatic heterocycles. The van der Waals surface area contributed by atoms with Gasteiger partial charge in [-0.1, -0.05) is 28.1 Å². The van der Waals surface area contributed by atoms with E-state index in [1.165, 1.54) is 0 Å². The number of ketones is 1. The van der Waals surface area contributed by atoms with Crippen molar-refractivity contribution < 1.29 is 28.8 Å². The molecule has 0 aliphatic carbocycles. The lowest BCUT2D eigenvalue weighted by molar-refractivity contribution is -0.384. The summed E-state index contributed by atoms with van der Waals surface area (Å²) < 4.78 is 5.64. The number of nitro benzene ring substituents is 1. The smallest absolute Gasteiger partial charge is 0.326 e. The van der Waals surface area contributed by atoms with Crippen molar-refractivity contribution in [3.8, 4) is 0 Å². The Labute approximate surface area is 166 Å². The SMILES string of the molecule is O=C(CN1C(=O)c2ccc([N+](=O)[O-])cc2C1=O)OCC(=O)c1ccc(Br)cc1. The number of hydrogen-bond donors (Lipinski definition) is 0. The number of non-ortho nitro benzene ring substituents is 1. The van der Waals surface area contributed by atoms with Gasteiger partial charge >= 0.3 is 5.97 Å². The van der Waals surface area contributed by atoms with Crippen LogP contribution in [0.5, 0.6) is 0 Å². The summed E-state index contributed by atoms with van der Waals surface area (Å²) in [5.74, 6) is -2.99. The minimum absolute atomic E-state index is 0.0330. The van der Waals surface area contributed by atoms with Crippen LogP contribution < -0.4 is 0 Å². The summed E-state index contributed by atoms with van der Waals surface area (Å²) >= 11 is 3.24. The fourth-order valence-electron chi connectivity index (χ4n) is 2.58. The lowest BCUT2D eigenvalue weighted by atomic mass is 10.1.